The molecular weight excluding hydrogens is 424 g/mol. The van der Waals surface area contributed by atoms with Gasteiger partial charge in [0.15, 0.2) is 0 Å². The molecule has 0 aromatic heterocycles. The molecule has 4 rings (SSSR count). The summed E-state index contributed by atoms with van der Waals surface area (Å²) in [6.45, 7) is 7.07. The Morgan fingerprint density at radius 3 is 1.74 bits per heavy atom. The molecule has 1 heteroatoms. The first-order valence-electron chi connectivity index (χ1n) is 14.7. The zero-order chi connectivity index (χ0) is 23.8. The van der Waals surface area contributed by atoms with Gasteiger partial charge in [-0.15, -0.1) is 0 Å². The van der Waals surface area contributed by atoms with Crippen LogP contribution in [-0.2, 0) is 0 Å². The van der Waals surface area contributed by atoms with Gasteiger partial charge < -0.3 is 0 Å². The van der Waals surface area contributed by atoms with E-state index < -0.39 is 0 Å². The van der Waals surface area contributed by atoms with Gasteiger partial charge in [0.1, 0.15) is 0 Å². The van der Waals surface area contributed by atoms with Crippen LogP contribution in [0.15, 0.2) is 48.5 Å². The van der Waals surface area contributed by atoms with Gasteiger partial charge in [-0.25, -0.2) is 0 Å². The van der Waals surface area contributed by atoms with E-state index >= 15 is 0 Å². The molecule has 0 unspecified atom stereocenters. The Morgan fingerprint density at radius 2 is 1.24 bits per heavy atom. The van der Waals surface area contributed by atoms with Gasteiger partial charge in [-0.3, -0.25) is 0 Å². The van der Waals surface area contributed by atoms with Crippen LogP contribution in [0.4, 0.5) is 0 Å². The molecule has 0 spiro atoms. The highest BCUT2D eigenvalue weighted by Gasteiger charge is 2.24. The molecule has 1 radical (unpaired) electrons. The average Bonchev–Trinajstić information content (AvgIpc) is 2.89. The van der Waals surface area contributed by atoms with Crippen molar-refractivity contribution in [2.45, 2.75) is 121 Å². The molecule has 1 saturated carbocycles. The van der Waals surface area contributed by atoms with Crippen molar-refractivity contribution < 1.29 is 0 Å². The molecule has 0 atom stereocenters. The van der Waals surface area contributed by atoms with Gasteiger partial charge in [0.25, 0.3) is 0 Å². The summed E-state index contributed by atoms with van der Waals surface area (Å²) in [7, 11) is -0.0553. The maximum absolute atomic E-state index is 2.43. The van der Waals surface area contributed by atoms with Crippen LogP contribution in [0, 0.1) is 11.8 Å². The van der Waals surface area contributed by atoms with E-state index in [0.29, 0.717) is 0 Å². The third-order valence-corrected chi connectivity index (χ3v) is 11.9. The largest absolute Gasteiger partial charge is 0.0654 e. The van der Waals surface area contributed by atoms with Crippen molar-refractivity contribution in [2.24, 2.45) is 11.8 Å². The smallest absolute Gasteiger partial charge is 0.0479 e. The van der Waals surface area contributed by atoms with Crippen LogP contribution < -0.4 is 0 Å². The molecular formula is C33H49Si. The Morgan fingerprint density at radius 1 is 0.706 bits per heavy atom. The monoisotopic (exact) mass is 473 g/mol. The van der Waals surface area contributed by atoms with Crippen molar-refractivity contribution in [2.75, 3.05) is 0 Å². The summed E-state index contributed by atoms with van der Waals surface area (Å²) in [4.78, 5) is 0. The molecule has 2 aliphatic rings. The number of hydrogen-bond donors (Lipinski definition) is 0. The van der Waals surface area contributed by atoms with Gasteiger partial charge in [-0.1, -0.05) is 120 Å². The van der Waals surface area contributed by atoms with Crippen molar-refractivity contribution in [1.29, 1.82) is 0 Å². The number of benzene rings is 2. The van der Waals surface area contributed by atoms with Crippen molar-refractivity contribution in [3.05, 3.63) is 59.7 Å². The topological polar surface area (TPSA) is 0 Å². The number of rotatable bonds is 10. The zero-order valence-corrected chi connectivity index (χ0v) is 23.3. The van der Waals surface area contributed by atoms with E-state index in [4.69, 9.17) is 0 Å². The molecule has 1 aliphatic carbocycles. The molecule has 1 aliphatic heterocycles. The predicted molar refractivity (Wildman–Crippen MR) is 152 cm³/mol. The maximum Gasteiger partial charge on any atom is 0.0479 e. The molecule has 0 N–H and O–H groups in total. The lowest BCUT2D eigenvalue weighted by atomic mass is 9.77. The fourth-order valence-electron chi connectivity index (χ4n) is 6.47. The van der Waals surface area contributed by atoms with Crippen LogP contribution in [0.25, 0.3) is 11.1 Å². The second kappa shape index (κ2) is 13.1. The van der Waals surface area contributed by atoms with Crippen LogP contribution in [0.3, 0.4) is 0 Å². The Labute approximate surface area is 212 Å². The van der Waals surface area contributed by atoms with E-state index in [2.05, 4.69) is 69.3 Å². The maximum atomic E-state index is 2.43. The van der Waals surface area contributed by atoms with Gasteiger partial charge in [-0.2, -0.15) is 0 Å². The van der Waals surface area contributed by atoms with E-state index in [-0.39, 0.29) is 8.80 Å². The Kier molecular flexibility index (Phi) is 9.92. The van der Waals surface area contributed by atoms with Gasteiger partial charge in [0.2, 0.25) is 0 Å². The van der Waals surface area contributed by atoms with E-state index in [1.807, 2.05) is 0 Å². The summed E-state index contributed by atoms with van der Waals surface area (Å²) in [5, 5.41) is 0. The van der Waals surface area contributed by atoms with Crippen molar-refractivity contribution >= 4 is 8.80 Å². The standard InChI is InChI=1S/C33H49Si/c1-4-5-6-7-27-8-10-28(11-9-27)29-12-14-30(15-13-29)31-16-18-32(19-17-31)33-21-24-34(25-22-33)23-20-26(2)3/h12-19,26-28,33H,4-11,20-25H2,1-3H3. The Bertz CT molecular complexity index is 818. The fourth-order valence-corrected chi connectivity index (χ4v) is 9.71. The molecule has 2 aromatic rings. The number of hydrogen-bond acceptors (Lipinski definition) is 0. The fraction of sp³-hybridized carbons (Fsp3) is 0.636. The normalized spacial score (nSPS) is 22.4. The highest BCUT2D eigenvalue weighted by atomic mass is 28.3. The minimum atomic E-state index is -0.0553. The minimum Gasteiger partial charge on any atom is -0.0654 e. The first kappa shape index (κ1) is 25.7. The summed E-state index contributed by atoms with van der Waals surface area (Å²) in [5.74, 6) is 3.48. The summed E-state index contributed by atoms with van der Waals surface area (Å²) >= 11 is 0. The van der Waals surface area contributed by atoms with Crippen molar-refractivity contribution in [1.82, 2.24) is 0 Å². The summed E-state index contributed by atoms with van der Waals surface area (Å²) in [6, 6.07) is 23.8. The third-order valence-electron chi connectivity index (χ3n) is 8.93. The van der Waals surface area contributed by atoms with Gasteiger partial charge in [0, 0.05) is 8.80 Å². The molecule has 34 heavy (non-hydrogen) atoms. The second-order valence-corrected chi connectivity index (χ2v) is 14.9. The second-order valence-electron chi connectivity index (χ2n) is 11.9. The number of unbranched alkanes of at least 4 members (excludes halogenated alkanes) is 2. The highest BCUT2D eigenvalue weighted by Crippen LogP contribution is 2.39. The molecule has 0 bridgehead atoms. The van der Waals surface area contributed by atoms with Crippen LogP contribution in [0.2, 0.25) is 18.1 Å². The van der Waals surface area contributed by atoms with Crippen molar-refractivity contribution in [3.63, 3.8) is 0 Å². The summed E-state index contributed by atoms with van der Waals surface area (Å²) < 4.78 is 0. The lowest BCUT2D eigenvalue weighted by Gasteiger charge is -2.29. The SMILES string of the molecule is CCCCCC1CCC(c2ccc(-c3ccc(C4CC[Si](CCC(C)C)CC4)cc3)cc2)CC1. The average molecular weight is 474 g/mol. The van der Waals surface area contributed by atoms with Crippen LogP contribution in [0.5, 0.6) is 0 Å². The molecule has 1 saturated heterocycles. The molecule has 2 fully saturated rings. The van der Waals surface area contributed by atoms with Crippen LogP contribution >= 0.6 is 0 Å². The highest BCUT2D eigenvalue weighted by molar-refractivity contribution is 6.59. The third kappa shape index (κ3) is 7.33. The quantitative estimate of drug-likeness (QED) is 0.238. The minimum absolute atomic E-state index is 0.0553. The summed E-state index contributed by atoms with van der Waals surface area (Å²) in [5.41, 5.74) is 5.92. The summed E-state index contributed by atoms with van der Waals surface area (Å²) in [6.07, 6.45) is 15.7. The molecule has 0 amide bonds. The first-order valence-corrected chi connectivity index (χ1v) is 16.8. The lowest BCUT2D eigenvalue weighted by molar-refractivity contribution is 0.303. The molecule has 1 heterocycles. The predicted octanol–water partition coefficient (Wildman–Crippen LogP) is 10.6. The van der Waals surface area contributed by atoms with Crippen LogP contribution in [0.1, 0.15) is 114 Å². The van der Waals surface area contributed by atoms with E-state index in [1.165, 1.54) is 93.8 Å². The van der Waals surface area contributed by atoms with E-state index in [9.17, 15) is 0 Å². The van der Waals surface area contributed by atoms with Gasteiger partial charge in [0.05, 0.1) is 0 Å². The molecule has 185 valence electrons. The molecule has 2 aromatic carbocycles. The first-order chi connectivity index (χ1) is 16.6. The van der Waals surface area contributed by atoms with Crippen molar-refractivity contribution in [3.8, 4) is 11.1 Å². The van der Waals surface area contributed by atoms with Gasteiger partial charge >= 0.3 is 0 Å². The Hall–Kier alpha value is -1.34. The Balaban J connectivity index is 1.26. The van der Waals surface area contributed by atoms with Crippen LogP contribution in [-0.4, -0.2) is 8.80 Å². The van der Waals surface area contributed by atoms with Gasteiger partial charge in [-0.05, 0) is 84.5 Å². The molecule has 0 nitrogen and oxygen atoms in total. The van der Waals surface area contributed by atoms with E-state index in [0.717, 1.165) is 23.7 Å². The zero-order valence-electron chi connectivity index (χ0n) is 22.3. The van der Waals surface area contributed by atoms with E-state index in [1.54, 1.807) is 17.2 Å². The lowest BCUT2D eigenvalue weighted by Crippen LogP contribution is -2.20.